The molecule has 0 atom stereocenters. The minimum atomic E-state index is -0.199. The molecule has 0 fully saturated rings. The van der Waals surface area contributed by atoms with E-state index in [2.05, 4.69) is 26.2 Å². The first-order chi connectivity index (χ1) is 9.61. The first kappa shape index (κ1) is 14.3. The minimum absolute atomic E-state index is 0.199. The van der Waals surface area contributed by atoms with Crippen molar-refractivity contribution >= 4 is 27.5 Å². The van der Waals surface area contributed by atoms with E-state index in [4.69, 9.17) is 10.5 Å². The van der Waals surface area contributed by atoms with E-state index in [9.17, 15) is 4.79 Å². The number of nitrogens with one attached hydrogen (secondary N) is 1. The summed E-state index contributed by atoms with van der Waals surface area (Å²) in [6.07, 6.45) is 1.64. The molecule has 2 aromatic rings. The molecular weight excluding hydrogens is 322 g/mol. The highest BCUT2D eigenvalue weighted by Crippen LogP contribution is 2.20. The minimum Gasteiger partial charge on any atom is -0.481 e. The van der Waals surface area contributed by atoms with E-state index >= 15 is 0 Å². The fourth-order valence-electron chi connectivity index (χ4n) is 1.71. The maximum absolute atomic E-state index is 12.0. The molecule has 0 aliphatic rings. The number of rotatable bonds is 4. The Hall–Kier alpha value is -2.08. The van der Waals surface area contributed by atoms with E-state index in [-0.39, 0.29) is 5.91 Å². The zero-order valence-corrected chi connectivity index (χ0v) is 12.5. The summed E-state index contributed by atoms with van der Waals surface area (Å²) in [6.45, 7) is 0.339. The molecule has 5 nitrogen and oxygen atoms in total. The summed E-state index contributed by atoms with van der Waals surface area (Å²) in [4.78, 5) is 16.1. The van der Waals surface area contributed by atoms with Crippen molar-refractivity contribution in [3.8, 4) is 5.88 Å². The Morgan fingerprint density at radius 2 is 2.25 bits per heavy atom. The van der Waals surface area contributed by atoms with Gasteiger partial charge in [0.2, 0.25) is 5.88 Å². The number of carbonyl (C=O) groups excluding carboxylic acids is 1. The van der Waals surface area contributed by atoms with Gasteiger partial charge in [-0.25, -0.2) is 4.98 Å². The van der Waals surface area contributed by atoms with Crippen LogP contribution < -0.4 is 15.8 Å². The van der Waals surface area contributed by atoms with Crippen LogP contribution in [0.1, 0.15) is 15.9 Å². The maximum atomic E-state index is 12.0. The summed E-state index contributed by atoms with van der Waals surface area (Å²) in [5.74, 6) is 0.304. The van der Waals surface area contributed by atoms with Gasteiger partial charge in [0.15, 0.2) is 0 Å². The number of methoxy groups -OCH3 is 1. The lowest BCUT2D eigenvalue weighted by atomic mass is 10.2. The Bertz CT molecular complexity index is 632. The van der Waals surface area contributed by atoms with Crippen LogP contribution >= 0.6 is 15.9 Å². The molecule has 1 amide bonds. The van der Waals surface area contributed by atoms with E-state index in [1.807, 2.05) is 6.07 Å². The molecule has 0 spiro atoms. The predicted octanol–water partition coefficient (Wildman–Crippen LogP) is 2.36. The Balaban J connectivity index is 2.06. The molecule has 1 aromatic carbocycles. The van der Waals surface area contributed by atoms with Crippen LogP contribution in [0.4, 0.5) is 5.69 Å². The summed E-state index contributed by atoms with van der Waals surface area (Å²) in [7, 11) is 1.54. The fourth-order valence-corrected chi connectivity index (χ4v) is 1.95. The van der Waals surface area contributed by atoms with Crippen molar-refractivity contribution in [3.05, 3.63) is 52.1 Å². The van der Waals surface area contributed by atoms with Crippen molar-refractivity contribution in [3.63, 3.8) is 0 Å². The molecule has 6 heteroatoms. The third-order valence-electron chi connectivity index (χ3n) is 2.74. The molecule has 0 unspecified atom stereocenters. The van der Waals surface area contributed by atoms with E-state index in [1.54, 1.807) is 37.6 Å². The van der Waals surface area contributed by atoms with Crippen LogP contribution in [-0.4, -0.2) is 18.0 Å². The van der Waals surface area contributed by atoms with E-state index in [0.29, 0.717) is 23.7 Å². The summed E-state index contributed by atoms with van der Waals surface area (Å²) in [6, 6.07) is 8.72. The van der Waals surface area contributed by atoms with Gasteiger partial charge >= 0.3 is 0 Å². The lowest BCUT2D eigenvalue weighted by Gasteiger charge is -2.09. The number of nitrogens with two attached hydrogens (primary N) is 1. The molecule has 0 radical (unpaired) electrons. The monoisotopic (exact) mass is 335 g/mol. The zero-order valence-electron chi connectivity index (χ0n) is 10.9. The molecule has 20 heavy (non-hydrogen) atoms. The van der Waals surface area contributed by atoms with E-state index in [1.165, 1.54) is 0 Å². The van der Waals surface area contributed by atoms with E-state index < -0.39 is 0 Å². The van der Waals surface area contributed by atoms with Crippen LogP contribution in [0.2, 0.25) is 0 Å². The van der Waals surface area contributed by atoms with Gasteiger partial charge < -0.3 is 15.8 Å². The first-order valence-corrected chi connectivity index (χ1v) is 6.72. The number of anilines is 1. The average molecular weight is 336 g/mol. The SMILES string of the molecule is COc1ncccc1CNC(=O)c1ccc(Br)c(N)c1. The second-order valence-corrected chi connectivity index (χ2v) is 4.95. The van der Waals surface area contributed by atoms with Crippen molar-refractivity contribution in [1.29, 1.82) is 0 Å². The highest BCUT2D eigenvalue weighted by molar-refractivity contribution is 9.10. The average Bonchev–Trinajstić information content (AvgIpc) is 2.47. The maximum Gasteiger partial charge on any atom is 0.251 e. The van der Waals surface area contributed by atoms with Crippen LogP contribution in [0, 0.1) is 0 Å². The zero-order chi connectivity index (χ0) is 14.5. The molecule has 1 heterocycles. The normalized spacial score (nSPS) is 10.1. The second-order valence-electron chi connectivity index (χ2n) is 4.09. The van der Waals surface area contributed by atoms with Crippen LogP contribution in [-0.2, 0) is 6.54 Å². The van der Waals surface area contributed by atoms with Gasteiger partial charge in [-0.2, -0.15) is 0 Å². The van der Waals surface area contributed by atoms with Crippen LogP contribution in [0.3, 0.4) is 0 Å². The summed E-state index contributed by atoms with van der Waals surface area (Å²) in [5, 5.41) is 2.81. The Kier molecular flexibility index (Phi) is 4.57. The Labute approximate surface area is 125 Å². The number of ether oxygens (including phenoxy) is 1. The first-order valence-electron chi connectivity index (χ1n) is 5.93. The van der Waals surface area contributed by atoms with Crippen LogP contribution in [0.25, 0.3) is 0 Å². The number of halogens is 1. The molecule has 2 rings (SSSR count). The number of pyridine rings is 1. The fraction of sp³-hybridized carbons (Fsp3) is 0.143. The van der Waals surface area contributed by atoms with Gasteiger partial charge in [-0.15, -0.1) is 0 Å². The van der Waals surface area contributed by atoms with Gasteiger partial charge in [0, 0.05) is 34.0 Å². The number of nitrogen functional groups attached to an aromatic ring is 1. The number of amides is 1. The Morgan fingerprint density at radius 3 is 2.95 bits per heavy atom. The summed E-state index contributed by atoms with van der Waals surface area (Å²) < 4.78 is 5.90. The molecule has 0 aliphatic carbocycles. The highest BCUT2D eigenvalue weighted by atomic mass is 79.9. The van der Waals surface area contributed by atoms with Crippen molar-refractivity contribution in [2.45, 2.75) is 6.54 Å². The quantitative estimate of drug-likeness (QED) is 0.841. The van der Waals surface area contributed by atoms with Gasteiger partial charge in [0.05, 0.1) is 7.11 Å². The number of benzene rings is 1. The third-order valence-corrected chi connectivity index (χ3v) is 3.46. The lowest BCUT2D eigenvalue weighted by Crippen LogP contribution is -2.23. The van der Waals surface area contributed by atoms with Crippen molar-refractivity contribution < 1.29 is 9.53 Å². The van der Waals surface area contributed by atoms with Crippen molar-refractivity contribution in [1.82, 2.24) is 10.3 Å². The summed E-state index contributed by atoms with van der Waals surface area (Å²) in [5.41, 5.74) is 7.60. The van der Waals surface area contributed by atoms with Crippen LogP contribution in [0.15, 0.2) is 41.0 Å². The van der Waals surface area contributed by atoms with Crippen molar-refractivity contribution in [2.24, 2.45) is 0 Å². The van der Waals surface area contributed by atoms with E-state index in [0.717, 1.165) is 10.0 Å². The van der Waals surface area contributed by atoms with Gasteiger partial charge in [0.1, 0.15) is 0 Å². The summed E-state index contributed by atoms with van der Waals surface area (Å²) >= 11 is 3.29. The van der Waals surface area contributed by atoms with Gasteiger partial charge in [-0.3, -0.25) is 4.79 Å². The smallest absolute Gasteiger partial charge is 0.251 e. The predicted molar refractivity (Wildman–Crippen MR) is 80.5 cm³/mol. The topological polar surface area (TPSA) is 77.2 Å². The second kappa shape index (κ2) is 6.38. The molecule has 0 aliphatic heterocycles. The standard InChI is InChI=1S/C14H14BrN3O2/c1-20-14-10(3-2-6-17-14)8-18-13(19)9-4-5-11(15)12(16)7-9/h2-7H,8,16H2,1H3,(H,18,19). The number of carbonyl (C=O) groups is 1. The molecule has 0 saturated carbocycles. The van der Waals surface area contributed by atoms with Crippen molar-refractivity contribution in [2.75, 3.05) is 12.8 Å². The largest absolute Gasteiger partial charge is 0.481 e. The molecular formula is C14H14BrN3O2. The van der Waals surface area contributed by atoms with Gasteiger partial charge in [-0.1, -0.05) is 6.07 Å². The van der Waals surface area contributed by atoms with Crippen LogP contribution in [0.5, 0.6) is 5.88 Å². The molecule has 104 valence electrons. The molecule has 0 bridgehead atoms. The van der Waals surface area contributed by atoms with Gasteiger partial charge in [-0.05, 0) is 40.2 Å². The number of aromatic nitrogens is 1. The molecule has 1 aromatic heterocycles. The third kappa shape index (κ3) is 3.27. The lowest BCUT2D eigenvalue weighted by molar-refractivity contribution is 0.0950. The number of nitrogens with zero attached hydrogens (tertiary/aromatic N) is 1. The van der Waals surface area contributed by atoms with Gasteiger partial charge in [0.25, 0.3) is 5.91 Å². The molecule has 3 N–H and O–H groups in total. The highest BCUT2D eigenvalue weighted by Gasteiger charge is 2.09. The Morgan fingerprint density at radius 1 is 1.45 bits per heavy atom. The molecule has 0 saturated heterocycles. The number of hydrogen-bond acceptors (Lipinski definition) is 4. The number of hydrogen-bond donors (Lipinski definition) is 2.